The van der Waals surface area contributed by atoms with Gasteiger partial charge in [-0.25, -0.2) is 0 Å². The first-order valence-corrected chi connectivity index (χ1v) is 7.62. The molecule has 5 heteroatoms. The molecule has 0 aromatic carbocycles. The van der Waals surface area contributed by atoms with E-state index in [2.05, 4.69) is 56.0 Å². The summed E-state index contributed by atoms with van der Waals surface area (Å²) in [6.07, 6.45) is 1.06. The Morgan fingerprint density at radius 3 is 2.81 bits per heavy atom. The first kappa shape index (κ1) is 12.6. The summed E-state index contributed by atoms with van der Waals surface area (Å²) in [6.45, 7) is 1.78. The smallest absolute Gasteiger partial charge is 0.164 e. The zero-order valence-corrected chi connectivity index (χ0v) is 13.1. The van der Waals surface area contributed by atoms with Gasteiger partial charge in [0.25, 0.3) is 0 Å². The summed E-state index contributed by atoms with van der Waals surface area (Å²) >= 11 is 7.43. The van der Waals surface area contributed by atoms with E-state index in [1.807, 2.05) is 12.1 Å². The maximum atomic E-state index is 5.46. The third-order valence-corrected chi connectivity index (χ3v) is 4.37. The molecule has 2 aromatic heterocycles. The third kappa shape index (κ3) is 3.87. The number of thiophene rings is 1. The molecule has 1 N–H and O–H groups in total. The van der Waals surface area contributed by atoms with Crippen molar-refractivity contribution in [2.24, 2.45) is 0 Å². The van der Waals surface area contributed by atoms with Crippen molar-refractivity contribution < 1.29 is 4.42 Å². The van der Waals surface area contributed by atoms with Gasteiger partial charge < -0.3 is 9.73 Å². The second-order valence-corrected chi connectivity index (χ2v) is 6.95. The Hall–Kier alpha value is 0.150. The van der Waals surface area contributed by atoms with Crippen LogP contribution in [0.1, 0.15) is 10.6 Å². The SMILES string of the molecule is Brc1ccc(CCNCc2ccc(I)o2)s1. The van der Waals surface area contributed by atoms with E-state index in [1.54, 1.807) is 11.3 Å². The lowest BCUT2D eigenvalue weighted by molar-refractivity contribution is 0.464. The second kappa shape index (κ2) is 6.18. The molecule has 0 amide bonds. The Morgan fingerprint density at radius 2 is 2.19 bits per heavy atom. The normalized spacial score (nSPS) is 10.9. The van der Waals surface area contributed by atoms with E-state index in [-0.39, 0.29) is 0 Å². The molecule has 0 bridgehead atoms. The molecular weight excluding hydrogens is 401 g/mol. The monoisotopic (exact) mass is 411 g/mol. The maximum absolute atomic E-state index is 5.46. The summed E-state index contributed by atoms with van der Waals surface area (Å²) in [4.78, 5) is 1.40. The Morgan fingerprint density at radius 1 is 1.31 bits per heavy atom. The lowest BCUT2D eigenvalue weighted by Crippen LogP contribution is -2.15. The van der Waals surface area contributed by atoms with Gasteiger partial charge in [-0.3, -0.25) is 0 Å². The molecule has 0 saturated carbocycles. The van der Waals surface area contributed by atoms with E-state index in [4.69, 9.17) is 4.42 Å². The second-order valence-electron chi connectivity index (χ2n) is 3.34. The minimum absolute atomic E-state index is 0.801. The highest BCUT2D eigenvalue weighted by atomic mass is 127. The van der Waals surface area contributed by atoms with Gasteiger partial charge in [0.2, 0.25) is 0 Å². The Bertz CT molecular complexity index is 412. The first-order valence-electron chi connectivity index (χ1n) is 4.93. The number of rotatable bonds is 5. The molecule has 86 valence electrons. The third-order valence-electron chi connectivity index (χ3n) is 2.11. The summed E-state index contributed by atoms with van der Waals surface area (Å²) in [5, 5.41) is 3.37. The molecule has 0 radical (unpaired) electrons. The largest absolute Gasteiger partial charge is 0.454 e. The number of hydrogen-bond donors (Lipinski definition) is 1. The standard InChI is InChI=1S/C11H11BrINOS/c12-10-3-2-9(16-10)5-6-14-7-8-1-4-11(13)15-8/h1-4,14H,5-7H2. The molecular formula is C11H11BrINOS. The van der Waals surface area contributed by atoms with Crippen LogP contribution in [0.5, 0.6) is 0 Å². The fraction of sp³-hybridized carbons (Fsp3) is 0.273. The average molecular weight is 412 g/mol. The first-order chi connectivity index (χ1) is 7.74. The maximum Gasteiger partial charge on any atom is 0.164 e. The molecule has 0 spiro atoms. The molecule has 2 nitrogen and oxygen atoms in total. The quantitative estimate of drug-likeness (QED) is 0.593. The predicted octanol–water partition coefficient (Wildman–Crippen LogP) is 4.04. The van der Waals surface area contributed by atoms with Gasteiger partial charge in [-0.15, -0.1) is 11.3 Å². The van der Waals surface area contributed by atoms with E-state index >= 15 is 0 Å². The highest BCUT2D eigenvalue weighted by molar-refractivity contribution is 14.1. The van der Waals surface area contributed by atoms with Crippen molar-refractivity contribution in [3.63, 3.8) is 0 Å². The number of furan rings is 1. The van der Waals surface area contributed by atoms with Crippen molar-refractivity contribution in [1.29, 1.82) is 0 Å². The summed E-state index contributed by atoms with van der Waals surface area (Å²) in [5.41, 5.74) is 0. The molecule has 2 rings (SSSR count). The topological polar surface area (TPSA) is 25.2 Å². The number of hydrogen-bond acceptors (Lipinski definition) is 3. The van der Waals surface area contributed by atoms with Crippen LogP contribution in [0.25, 0.3) is 0 Å². The summed E-state index contributed by atoms with van der Waals surface area (Å²) in [5.74, 6) is 0.997. The lowest BCUT2D eigenvalue weighted by Gasteiger charge is -2.00. The number of nitrogens with one attached hydrogen (secondary N) is 1. The van der Waals surface area contributed by atoms with Gasteiger partial charge in [-0.05, 0) is 69.2 Å². The van der Waals surface area contributed by atoms with Gasteiger partial charge in [0.05, 0.1) is 10.3 Å². The molecule has 0 aliphatic rings. The average Bonchev–Trinajstić information content (AvgIpc) is 2.83. The van der Waals surface area contributed by atoms with Gasteiger partial charge in [-0.2, -0.15) is 0 Å². The minimum atomic E-state index is 0.801. The van der Waals surface area contributed by atoms with E-state index in [9.17, 15) is 0 Å². The molecule has 0 unspecified atom stereocenters. The van der Waals surface area contributed by atoms with Crippen molar-refractivity contribution in [2.75, 3.05) is 6.54 Å². The Labute approximate surface area is 121 Å². The molecule has 0 atom stereocenters. The van der Waals surface area contributed by atoms with Crippen molar-refractivity contribution >= 4 is 49.9 Å². The van der Waals surface area contributed by atoms with Crippen molar-refractivity contribution in [3.05, 3.63) is 42.5 Å². The van der Waals surface area contributed by atoms with Crippen molar-refractivity contribution in [1.82, 2.24) is 5.32 Å². The molecule has 0 fully saturated rings. The van der Waals surface area contributed by atoms with Crippen molar-refractivity contribution in [2.45, 2.75) is 13.0 Å². The summed E-state index contributed by atoms with van der Waals surface area (Å²) in [7, 11) is 0. The van der Waals surface area contributed by atoms with Crippen LogP contribution in [0.2, 0.25) is 0 Å². The van der Waals surface area contributed by atoms with Crippen LogP contribution in [-0.2, 0) is 13.0 Å². The fourth-order valence-corrected chi connectivity index (χ4v) is 3.30. The molecule has 0 aliphatic heterocycles. The Balaban J connectivity index is 1.69. The lowest BCUT2D eigenvalue weighted by atomic mass is 10.3. The van der Waals surface area contributed by atoms with Crippen LogP contribution < -0.4 is 5.32 Å². The highest BCUT2D eigenvalue weighted by Gasteiger charge is 2.00. The zero-order valence-electron chi connectivity index (χ0n) is 8.50. The van der Waals surface area contributed by atoms with Gasteiger partial charge in [0, 0.05) is 11.4 Å². The van der Waals surface area contributed by atoms with Gasteiger partial charge >= 0.3 is 0 Å². The van der Waals surface area contributed by atoms with Gasteiger partial charge in [-0.1, -0.05) is 0 Å². The Kier molecular flexibility index (Phi) is 4.87. The summed E-state index contributed by atoms with van der Waals surface area (Å²) < 4.78 is 7.60. The van der Waals surface area contributed by atoms with Crippen molar-refractivity contribution in [3.8, 4) is 0 Å². The molecule has 2 heterocycles. The minimum Gasteiger partial charge on any atom is -0.454 e. The number of halogens is 2. The van der Waals surface area contributed by atoms with Gasteiger partial charge in [0.1, 0.15) is 5.76 Å². The highest BCUT2D eigenvalue weighted by Crippen LogP contribution is 2.22. The van der Waals surface area contributed by atoms with Crippen LogP contribution in [0, 0.1) is 3.77 Å². The van der Waals surface area contributed by atoms with Gasteiger partial charge in [0.15, 0.2) is 3.77 Å². The summed E-state index contributed by atoms with van der Waals surface area (Å²) in [6, 6.07) is 8.24. The predicted molar refractivity (Wildman–Crippen MR) is 78.9 cm³/mol. The molecule has 0 aliphatic carbocycles. The molecule has 2 aromatic rings. The van der Waals surface area contributed by atoms with E-state index in [0.717, 1.165) is 29.0 Å². The van der Waals surface area contributed by atoms with Crippen LogP contribution in [-0.4, -0.2) is 6.54 Å². The van der Waals surface area contributed by atoms with E-state index < -0.39 is 0 Å². The fourth-order valence-electron chi connectivity index (χ4n) is 1.36. The molecule has 16 heavy (non-hydrogen) atoms. The van der Waals surface area contributed by atoms with Crippen LogP contribution in [0.4, 0.5) is 0 Å². The zero-order chi connectivity index (χ0) is 11.4. The van der Waals surface area contributed by atoms with Crippen LogP contribution in [0.15, 0.2) is 32.5 Å². The van der Waals surface area contributed by atoms with E-state index in [0.29, 0.717) is 0 Å². The van der Waals surface area contributed by atoms with Crippen LogP contribution in [0.3, 0.4) is 0 Å². The molecule has 0 saturated heterocycles. The van der Waals surface area contributed by atoms with E-state index in [1.165, 1.54) is 8.66 Å². The van der Waals surface area contributed by atoms with Crippen LogP contribution >= 0.6 is 49.9 Å².